The van der Waals surface area contributed by atoms with Gasteiger partial charge in [0.15, 0.2) is 5.82 Å². The van der Waals surface area contributed by atoms with Gasteiger partial charge in [0, 0.05) is 12.3 Å². The van der Waals surface area contributed by atoms with E-state index in [1.807, 2.05) is 4.52 Å². The normalized spacial score (nSPS) is 11.8. The lowest BCUT2D eigenvalue weighted by Gasteiger charge is -1.98. The van der Waals surface area contributed by atoms with Gasteiger partial charge in [0.25, 0.3) is 0 Å². The largest absolute Gasteiger partial charge is 0.330 e. The molecule has 0 saturated heterocycles. The Bertz CT molecular complexity index is 459. The number of rotatable bonds is 5. The summed E-state index contributed by atoms with van der Waals surface area (Å²) in [5.41, 5.74) is 5.47. The van der Waals surface area contributed by atoms with E-state index in [2.05, 4.69) is 29.1 Å². The average molecular weight is 239 g/mol. The molecule has 0 radical (unpaired) electrons. The van der Waals surface area contributed by atoms with E-state index < -0.39 is 0 Å². The molecule has 2 rings (SSSR count). The van der Waals surface area contributed by atoms with Gasteiger partial charge < -0.3 is 5.73 Å². The number of hydrogen-bond acceptors (Lipinski definition) is 5. The number of fused-ring (bicyclic) bond motifs is 1. The standard InChI is InChI=1S/C10H17N5S/c1-7(2)9-12-13-10-15(9)14-8(16-10)5-3-4-6-11/h7H,3-6,11H2,1-2H3. The second kappa shape index (κ2) is 4.88. The smallest absolute Gasteiger partial charge is 0.234 e. The van der Waals surface area contributed by atoms with Gasteiger partial charge in [-0.05, 0) is 19.4 Å². The number of hydrogen-bond donors (Lipinski definition) is 1. The lowest BCUT2D eigenvalue weighted by molar-refractivity contribution is 0.698. The fourth-order valence-corrected chi connectivity index (χ4v) is 2.44. The monoisotopic (exact) mass is 239 g/mol. The molecule has 0 saturated carbocycles. The third-order valence-corrected chi connectivity index (χ3v) is 3.38. The first-order chi connectivity index (χ1) is 7.72. The molecule has 88 valence electrons. The summed E-state index contributed by atoms with van der Waals surface area (Å²) < 4.78 is 1.87. The second-order valence-corrected chi connectivity index (χ2v) is 5.19. The second-order valence-electron chi connectivity index (χ2n) is 4.15. The maximum Gasteiger partial charge on any atom is 0.234 e. The fraction of sp³-hybridized carbons (Fsp3) is 0.700. The van der Waals surface area contributed by atoms with Crippen molar-refractivity contribution in [3.05, 3.63) is 10.8 Å². The summed E-state index contributed by atoms with van der Waals surface area (Å²) in [6.45, 7) is 4.95. The van der Waals surface area contributed by atoms with Gasteiger partial charge in [0.1, 0.15) is 5.01 Å². The van der Waals surface area contributed by atoms with Crippen LogP contribution in [0.3, 0.4) is 0 Å². The van der Waals surface area contributed by atoms with Gasteiger partial charge in [0.05, 0.1) is 0 Å². The highest BCUT2D eigenvalue weighted by Crippen LogP contribution is 2.19. The zero-order valence-corrected chi connectivity index (χ0v) is 10.5. The summed E-state index contributed by atoms with van der Waals surface area (Å²) in [7, 11) is 0. The van der Waals surface area contributed by atoms with Crippen LogP contribution in [-0.4, -0.2) is 26.4 Å². The first-order valence-corrected chi connectivity index (χ1v) is 6.45. The lowest BCUT2D eigenvalue weighted by Crippen LogP contribution is -2.00. The molecule has 2 aromatic rings. The summed E-state index contributed by atoms with van der Waals surface area (Å²) in [6.07, 6.45) is 3.14. The SMILES string of the molecule is CC(C)c1nnc2sc(CCCCN)nn12. The lowest BCUT2D eigenvalue weighted by atomic mass is 10.2. The average Bonchev–Trinajstić information content (AvgIpc) is 2.76. The van der Waals surface area contributed by atoms with E-state index in [-0.39, 0.29) is 0 Å². The van der Waals surface area contributed by atoms with E-state index >= 15 is 0 Å². The maximum absolute atomic E-state index is 5.47. The Hall–Kier alpha value is -1.01. The highest BCUT2D eigenvalue weighted by Gasteiger charge is 2.13. The predicted molar refractivity (Wildman–Crippen MR) is 64.7 cm³/mol. The zero-order valence-electron chi connectivity index (χ0n) is 9.68. The van der Waals surface area contributed by atoms with Crippen molar-refractivity contribution in [3.63, 3.8) is 0 Å². The molecule has 0 fully saturated rings. The Morgan fingerprint density at radius 1 is 1.31 bits per heavy atom. The van der Waals surface area contributed by atoms with Crippen LogP contribution < -0.4 is 5.73 Å². The summed E-state index contributed by atoms with van der Waals surface area (Å²) in [4.78, 5) is 0.895. The van der Waals surface area contributed by atoms with Crippen molar-refractivity contribution in [1.29, 1.82) is 0 Å². The van der Waals surface area contributed by atoms with Crippen molar-refractivity contribution in [2.24, 2.45) is 5.73 Å². The first-order valence-electron chi connectivity index (χ1n) is 5.63. The van der Waals surface area contributed by atoms with Crippen molar-refractivity contribution in [1.82, 2.24) is 19.8 Å². The zero-order chi connectivity index (χ0) is 11.5. The number of nitrogens with zero attached hydrogens (tertiary/aromatic N) is 4. The van der Waals surface area contributed by atoms with Crippen LogP contribution in [0.1, 0.15) is 43.4 Å². The van der Waals surface area contributed by atoms with E-state index in [0.717, 1.165) is 41.6 Å². The molecule has 0 spiro atoms. The Labute approximate surface area is 98.7 Å². The summed E-state index contributed by atoms with van der Waals surface area (Å²) >= 11 is 1.62. The first kappa shape index (κ1) is 11.5. The Morgan fingerprint density at radius 3 is 2.81 bits per heavy atom. The van der Waals surface area contributed by atoms with Crippen LogP contribution in [0.4, 0.5) is 0 Å². The maximum atomic E-state index is 5.47. The van der Waals surface area contributed by atoms with Gasteiger partial charge in [-0.15, -0.1) is 10.2 Å². The summed E-state index contributed by atoms with van der Waals surface area (Å²) in [5, 5.41) is 13.9. The van der Waals surface area contributed by atoms with Crippen LogP contribution in [0.25, 0.3) is 4.96 Å². The highest BCUT2D eigenvalue weighted by molar-refractivity contribution is 7.16. The molecule has 6 heteroatoms. The number of aromatic nitrogens is 4. The van der Waals surface area contributed by atoms with E-state index in [9.17, 15) is 0 Å². The molecule has 2 N–H and O–H groups in total. The molecule has 0 aliphatic carbocycles. The number of aryl methyl sites for hydroxylation is 1. The fourth-order valence-electron chi connectivity index (χ4n) is 1.55. The van der Waals surface area contributed by atoms with Gasteiger partial charge in [0.2, 0.25) is 4.96 Å². The van der Waals surface area contributed by atoms with Gasteiger partial charge in [-0.1, -0.05) is 25.2 Å². The molecule has 0 unspecified atom stereocenters. The third kappa shape index (κ3) is 2.22. The van der Waals surface area contributed by atoms with Crippen LogP contribution in [0, 0.1) is 0 Å². The molecular formula is C10H17N5S. The molecule has 2 heterocycles. The van der Waals surface area contributed by atoms with E-state index in [4.69, 9.17) is 5.73 Å². The van der Waals surface area contributed by atoms with Crippen molar-refractivity contribution in [3.8, 4) is 0 Å². The molecule has 0 aliphatic rings. The molecule has 0 amide bonds. The van der Waals surface area contributed by atoms with Crippen LogP contribution >= 0.6 is 11.3 Å². The molecule has 0 bridgehead atoms. The molecule has 16 heavy (non-hydrogen) atoms. The van der Waals surface area contributed by atoms with E-state index in [1.54, 1.807) is 11.3 Å². The number of nitrogens with two attached hydrogens (primary N) is 1. The van der Waals surface area contributed by atoms with E-state index in [0.29, 0.717) is 5.92 Å². The molecule has 0 aliphatic heterocycles. The van der Waals surface area contributed by atoms with Crippen LogP contribution in [0.2, 0.25) is 0 Å². The Balaban J connectivity index is 2.17. The molecule has 2 aromatic heterocycles. The van der Waals surface area contributed by atoms with Crippen LogP contribution in [-0.2, 0) is 6.42 Å². The minimum absolute atomic E-state index is 0.356. The Morgan fingerprint density at radius 2 is 2.12 bits per heavy atom. The molecular weight excluding hydrogens is 222 g/mol. The Kier molecular flexibility index (Phi) is 3.50. The topological polar surface area (TPSA) is 69.1 Å². The number of unbranched alkanes of at least 4 members (excludes halogenated alkanes) is 1. The van der Waals surface area contributed by atoms with Gasteiger partial charge in [-0.3, -0.25) is 0 Å². The predicted octanol–water partition coefficient (Wildman–Crippen LogP) is 1.59. The van der Waals surface area contributed by atoms with Gasteiger partial charge >= 0.3 is 0 Å². The van der Waals surface area contributed by atoms with Gasteiger partial charge in [-0.25, -0.2) is 0 Å². The molecule has 0 aromatic carbocycles. The minimum Gasteiger partial charge on any atom is -0.330 e. The van der Waals surface area contributed by atoms with Crippen molar-refractivity contribution in [2.45, 2.75) is 39.0 Å². The minimum atomic E-state index is 0.356. The van der Waals surface area contributed by atoms with Gasteiger partial charge in [-0.2, -0.15) is 9.61 Å². The van der Waals surface area contributed by atoms with E-state index in [1.165, 1.54) is 0 Å². The summed E-state index contributed by atoms with van der Waals surface area (Å²) in [6, 6.07) is 0. The van der Waals surface area contributed by atoms with Crippen molar-refractivity contribution >= 4 is 16.3 Å². The van der Waals surface area contributed by atoms with Crippen molar-refractivity contribution in [2.75, 3.05) is 6.54 Å². The summed E-state index contributed by atoms with van der Waals surface area (Å²) in [5.74, 6) is 1.30. The van der Waals surface area contributed by atoms with Crippen LogP contribution in [0.15, 0.2) is 0 Å². The van der Waals surface area contributed by atoms with Crippen molar-refractivity contribution < 1.29 is 0 Å². The highest BCUT2D eigenvalue weighted by atomic mass is 32.1. The quantitative estimate of drug-likeness (QED) is 0.804. The van der Waals surface area contributed by atoms with Crippen LogP contribution in [0.5, 0.6) is 0 Å². The molecule has 0 atom stereocenters. The third-order valence-electron chi connectivity index (χ3n) is 2.42. The molecule has 5 nitrogen and oxygen atoms in total.